The molecule has 0 saturated carbocycles. The molecule has 8 nitrogen and oxygen atoms in total. The standard InChI is InChI=1S/C20H20N6O2/c1-3-26(15-10-7-11-21-12-15)20(27)16-13-22-18(25(16)2)17-23-19(28-24-17)14-8-5-4-6-9-14/h4-13,19H,3H2,1-2H3,(H,23,24). The summed E-state index contributed by atoms with van der Waals surface area (Å²) < 4.78 is 1.71. The molecule has 1 unspecified atom stereocenters. The fourth-order valence-electron chi connectivity index (χ4n) is 3.08. The number of amidine groups is 1. The lowest BCUT2D eigenvalue weighted by atomic mass is 10.2. The van der Waals surface area contributed by atoms with Gasteiger partial charge in [-0.2, -0.15) is 0 Å². The number of pyridine rings is 1. The number of imidazole rings is 1. The van der Waals surface area contributed by atoms with Crippen molar-refractivity contribution in [2.75, 3.05) is 11.4 Å². The molecule has 28 heavy (non-hydrogen) atoms. The summed E-state index contributed by atoms with van der Waals surface area (Å²) in [5, 5.41) is 7.31. The summed E-state index contributed by atoms with van der Waals surface area (Å²) in [5.74, 6) is 0.861. The molecule has 0 spiro atoms. The zero-order valence-corrected chi connectivity index (χ0v) is 15.6. The number of nitrogens with one attached hydrogen (secondary N) is 1. The molecule has 4 rings (SSSR count). The van der Waals surface area contributed by atoms with Gasteiger partial charge >= 0.3 is 0 Å². The summed E-state index contributed by atoms with van der Waals surface area (Å²) in [5.41, 5.74) is 2.15. The van der Waals surface area contributed by atoms with Gasteiger partial charge < -0.3 is 19.6 Å². The number of aromatic nitrogens is 3. The molecule has 142 valence electrons. The Morgan fingerprint density at radius 3 is 2.75 bits per heavy atom. The molecule has 0 saturated heterocycles. The highest BCUT2D eigenvalue weighted by atomic mass is 16.7. The van der Waals surface area contributed by atoms with Gasteiger partial charge in [-0.3, -0.25) is 9.78 Å². The summed E-state index contributed by atoms with van der Waals surface area (Å²) >= 11 is 0. The summed E-state index contributed by atoms with van der Waals surface area (Å²) in [6, 6.07) is 13.4. The Labute approximate surface area is 162 Å². The van der Waals surface area contributed by atoms with Crippen LogP contribution in [0.2, 0.25) is 0 Å². The quantitative estimate of drug-likeness (QED) is 0.739. The van der Waals surface area contributed by atoms with Crippen LogP contribution in [0.15, 0.2) is 66.2 Å². The maximum atomic E-state index is 13.1. The van der Waals surface area contributed by atoms with Crippen molar-refractivity contribution < 1.29 is 9.63 Å². The van der Waals surface area contributed by atoms with Crippen molar-refractivity contribution in [2.24, 2.45) is 12.2 Å². The van der Waals surface area contributed by atoms with E-state index in [-0.39, 0.29) is 12.1 Å². The second-order valence-electron chi connectivity index (χ2n) is 6.27. The van der Waals surface area contributed by atoms with Gasteiger partial charge in [0.15, 0.2) is 5.82 Å². The number of oxime groups is 1. The van der Waals surface area contributed by atoms with Crippen molar-refractivity contribution in [3.8, 4) is 0 Å². The SMILES string of the molecule is CCN(C(=O)c1cnc(C2=NOC(c3ccccc3)N2)n1C)c1cccnc1. The monoisotopic (exact) mass is 376 g/mol. The molecule has 2 aromatic heterocycles. The van der Waals surface area contributed by atoms with E-state index < -0.39 is 0 Å². The number of carbonyl (C=O) groups excluding carboxylic acids is 1. The van der Waals surface area contributed by atoms with Crippen LogP contribution in [0, 0.1) is 0 Å². The van der Waals surface area contributed by atoms with E-state index in [0.717, 1.165) is 11.3 Å². The van der Waals surface area contributed by atoms with E-state index in [9.17, 15) is 4.79 Å². The molecule has 1 atom stereocenters. The van der Waals surface area contributed by atoms with Crippen molar-refractivity contribution in [1.29, 1.82) is 0 Å². The number of hydrogen-bond donors (Lipinski definition) is 1. The number of rotatable bonds is 5. The lowest BCUT2D eigenvalue weighted by Gasteiger charge is -2.20. The van der Waals surface area contributed by atoms with Gasteiger partial charge in [0.05, 0.1) is 18.1 Å². The van der Waals surface area contributed by atoms with Gasteiger partial charge in [0.1, 0.15) is 5.69 Å². The third-order valence-electron chi connectivity index (χ3n) is 4.56. The molecule has 0 radical (unpaired) electrons. The van der Waals surface area contributed by atoms with Crippen LogP contribution >= 0.6 is 0 Å². The Morgan fingerprint density at radius 1 is 1.21 bits per heavy atom. The Bertz CT molecular complexity index is 1000. The Kier molecular flexibility index (Phi) is 4.76. The number of carbonyl (C=O) groups is 1. The largest absolute Gasteiger partial charge is 0.363 e. The molecule has 1 N–H and O–H groups in total. The van der Waals surface area contributed by atoms with E-state index in [2.05, 4.69) is 20.4 Å². The van der Waals surface area contributed by atoms with Crippen molar-refractivity contribution in [1.82, 2.24) is 19.9 Å². The van der Waals surface area contributed by atoms with Crippen molar-refractivity contribution in [3.63, 3.8) is 0 Å². The number of benzene rings is 1. The van der Waals surface area contributed by atoms with E-state index in [4.69, 9.17) is 4.84 Å². The van der Waals surface area contributed by atoms with Crippen LogP contribution in [0.3, 0.4) is 0 Å². The van der Waals surface area contributed by atoms with Gasteiger partial charge in [-0.15, -0.1) is 0 Å². The molecule has 1 amide bonds. The van der Waals surface area contributed by atoms with Gasteiger partial charge in [0, 0.05) is 25.4 Å². The zero-order valence-electron chi connectivity index (χ0n) is 15.6. The van der Waals surface area contributed by atoms with Crippen LogP contribution in [0.4, 0.5) is 5.69 Å². The van der Waals surface area contributed by atoms with Crippen molar-refractivity contribution >= 4 is 17.4 Å². The van der Waals surface area contributed by atoms with E-state index in [0.29, 0.717) is 23.9 Å². The smallest absolute Gasteiger partial charge is 0.276 e. The van der Waals surface area contributed by atoms with Crippen LogP contribution in [-0.4, -0.2) is 32.8 Å². The average molecular weight is 376 g/mol. The fourth-order valence-corrected chi connectivity index (χ4v) is 3.08. The van der Waals surface area contributed by atoms with E-state index in [1.165, 1.54) is 0 Å². The van der Waals surface area contributed by atoms with Crippen LogP contribution in [0.1, 0.15) is 35.0 Å². The van der Waals surface area contributed by atoms with Crippen molar-refractivity contribution in [3.05, 3.63) is 78.1 Å². The van der Waals surface area contributed by atoms with E-state index >= 15 is 0 Å². The number of anilines is 1. The van der Waals surface area contributed by atoms with Crippen molar-refractivity contribution in [2.45, 2.75) is 13.2 Å². The maximum Gasteiger partial charge on any atom is 0.276 e. The first-order chi connectivity index (χ1) is 13.7. The van der Waals surface area contributed by atoms with Gasteiger partial charge in [-0.25, -0.2) is 4.98 Å². The van der Waals surface area contributed by atoms with E-state index in [1.807, 2.05) is 43.3 Å². The minimum atomic E-state index is -0.380. The van der Waals surface area contributed by atoms with Crippen LogP contribution in [0.25, 0.3) is 0 Å². The summed E-state index contributed by atoms with van der Waals surface area (Å²) in [6.45, 7) is 2.44. The fraction of sp³-hybridized carbons (Fsp3) is 0.200. The molecule has 1 aliphatic rings. The number of nitrogens with zero attached hydrogens (tertiary/aromatic N) is 5. The molecule has 1 aromatic carbocycles. The topological polar surface area (TPSA) is 84.6 Å². The molecule has 8 heteroatoms. The Hall–Kier alpha value is -3.68. The minimum absolute atomic E-state index is 0.157. The lowest BCUT2D eigenvalue weighted by Crippen LogP contribution is -2.33. The Balaban J connectivity index is 1.56. The summed E-state index contributed by atoms with van der Waals surface area (Å²) in [4.78, 5) is 28.7. The summed E-state index contributed by atoms with van der Waals surface area (Å²) in [6.07, 6.45) is 4.52. The highest BCUT2D eigenvalue weighted by Gasteiger charge is 2.28. The molecular formula is C20H20N6O2. The number of amides is 1. The highest BCUT2D eigenvalue weighted by Crippen LogP contribution is 2.21. The zero-order chi connectivity index (χ0) is 19.5. The van der Waals surface area contributed by atoms with E-state index in [1.54, 1.807) is 41.2 Å². The molecule has 1 aliphatic heterocycles. The minimum Gasteiger partial charge on any atom is -0.363 e. The number of hydrogen-bond acceptors (Lipinski definition) is 6. The van der Waals surface area contributed by atoms with Crippen LogP contribution in [0.5, 0.6) is 0 Å². The van der Waals surface area contributed by atoms with Crippen LogP contribution < -0.4 is 10.2 Å². The predicted octanol–water partition coefficient (Wildman–Crippen LogP) is 2.46. The molecule has 3 aromatic rings. The van der Waals surface area contributed by atoms with Crippen LogP contribution in [-0.2, 0) is 11.9 Å². The Morgan fingerprint density at radius 2 is 2.04 bits per heavy atom. The second-order valence-corrected chi connectivity index (χ2v) is 6.27. The van der Waals surface area contributed by atoms with Gasteiger partial charge in [0.25, 0.3) is 5.91 Å². The maximum absolute atomic E-state index is 13.1. The first kappa shape index (κ1) is 17.7. The lowest BCUT2D eigenvalue weighted by molar-refractivity contribution is 0.0729. The van der Waals surface area contributed by atoms with Gasteiger partial charge in [-0.05, 0) is 19.1 Å². The molecule has 0 bridgehead atoms. The van der Waals surface area contributed by atoms with Gasteiger partial charge in [0.2, 0.25) is 12.1 Å². The average Bonchev–Trinajstić information content (AvgIpc) is 3.37. The highest BCUT2D eigenvalue weighted by molar-refractivity contribution is 6.06. The third-order valence-corrected chi connectivity index (χ3v) is 4.56. The first-order valence-electron chi connectivity index (χ1n) is 8.98. The molecular weight excluding hydrogens is 356 g/mol. The predicted molar refractivity (Wildman–Crippen MR) is 105 cm³/mol. The molecule has 0 aliphatic carbocycles. The normalized spacial score (nSPS) is 15.5. The molecule has 0 fully saturated rings. The second kappa shape index (κ2) is 7.51. The third kappa shape index (κ3) is 3.20. The summed E-state index contributed by atoms with van der Waals surface area (Å²) in [7, 11) is 1.78. The van der Waals surface area contributed by atoms with Gasteiger partial charge in [-0.1, -0.05) is 35.5 Å². The first-order valence-corrected chi connectivity index (χ1v) is 8.98. The molecule has 3 heterocycles.